The van der Waals surface area contributed by atoms with Gasteiger partial charge in [0.15, 0.2) is 0 Å². The Morgan fingerprint density at radius 2 is 2.04 bits per heavy atom. The van der Waals surface area contributed by atoms with Gasteiger partial charge in [-0.3, -0.25) is 14.9 Å². The summed E-state index contributed by atoms with van der Waals surface area (Å²) in [6, 6.07) is 10.7. The summed E-state index contributed by atoms with van der Waals surface area (Å²) in [5.74, 6) is 0. The molecule has 122 valence electrons. The van der Waals surface area contributed by atoms with Crippen molar-refractivity contribution in [3.8, 4) is 0 Å². The smallest absolute Gasteiger partial charge is 0.0806 e. The topological polar surface area (TPSA) is 81.1 Å². The number of hydrogen-bond acceptors (Lipinski definition) is 5. The molecule has 1 aliphatic rings. The van der Waals surface area contributed by atoms with Crippen molar-refractivity contribution in [2.45, 2.75) is 38.4 Å². The first-order valence-electron chi connectivity index (χ1n) is 8.25. The highest BCUT2D eigenvalue weighted by atomic mass is 15.2. The Labute approximate surface area is 137 Å². The Morgan fingerprint density at radius 1 is 1.26 bits per heavy atom. The summed E-state index contributed by atoms with van der Waals surface area (Å²) in [7, 11) is 0. The molecule has 0 bridgehead atoms. The van der Waals surface area contributed by atoms with Gasteiger partial charge < -0.3 is 11.5 Å². The van der Waals surface area contributed by atoms with Crippen molar-refractivity contribution in [3.05, 3.63) is 59.2 Å². The van der Waals surface area contributed by atoms with E-state index in [-0.39, 0.29) is 12.1 Å². The minimum absolute atomic E-state index is 0.0971. The van der Waals surface area contributed by atoms with Crippen molar-refractivity contribution in [2.24, 2.45) is 11.5 Å². The fraction of sp³-hybridized carbons (Fsp3) is 0.444. The third-order valence-electron chi connectivity index (χ3n) is 4.50. The number of likely N-dealkylation sites (tertiary alicyclic amines) is 1. The first kappa shape index (κ1) is 16.1. The van der Waals surface area contributed by atoms with Crippen LogP contribution in [0.1, 0.15) is 35.1 Å². The SMILES string of the molecule is Cc1ncc(CCN)nc1C1C(N)CCN1Cc1ccccc1. The molecule has 0 amide bonds. The van der Waals surface area contributed by atoms with Gasteiger partial charge in [0.05, 0.1) is 23.1 Å². The maximum absolute atomic E-state index is 6.41. The van der Waals surface area contributed by atoms with Crippen molar-refractivity contribution < 1.29 is 0 Å². The normalized spacial score (nSPS) is 21.7. The molecule has 0 saturated carbocycles. The van der Waals surface area contributed by atoms with Gasteiger partial charge in [0, 0.05) is 31.7 Å². The number of aromatic nitrogens is 2. The first-order chi connectivity index (χ1) is 11.2. The number of hydrogen-bond donors (Lipinski definition) is 2. The Bertz CT molecular complexity index is 643. The molecule has 2 aromatic rings. The van der Waals surface area contributed by atoms with Crippen LogP contribution in [-0.2, 0) is 13.0 Å². The molecule has 1 saturated heterocycles. The fourth-order valence-corrected chi connectivity index (χ4v) is 3.30. The van der Waals surface area contributed by atoms with E-state index in [0.29, 0.717) is 6.54 Å². The van der Waals surface area contributed by atoms with Crippen LogP contribution >= 0.6 is 0 Å². The Kier molecular flexibility index (Phi) is 5.00. The quantitative estimate of drug-likeness (QED) is 0.876. The van der Waals surface area contributed by atoms with Crippen LogP contribution in [0.2, 0.25) is 0 Å². The second-order valence-electron chi connectivity index (χ2n) is 6.22. The predicted octanol–water partition coefficient (Wildman–Crippen LogP) is 1.56. The molecule has 2 atom stereocenters. The van der Waals surface area contributed by atoms with Gasteiger partial charge in [-0.1, -0.05) is 30.3 Å². The van der Waals surface area contributed by atoms with E-state index >= 15 is 0 Å². The molecule has 1 fully saturated rings. The molecule has 5 nitrogen and oxygen atoms in total. The van der Waals surface area contributed by atoms with E-state index in [9.17, 15) is 0 Å². The average Bonchev–Trinajstić information content (AvgIpc) is 2.91. The Hall–Kier alpha value is -1.82. The highest BCUT2D eigenvalue weighted by molar-refractivity contribution is 5.22. The molecule has 0 spiro atoms. The van der Waals surface area contributed by atoms with Gasteiger partial charge in [0.25, 0.3) is 0 Å². The summed E-state index contributed by atoms with van der Waals surface area (Å²) >= 11 is 0. The summed E-state index contributed by atoms with van der Waals surface area (Å²) in [4.78, 5) is 11.8. The van der Waals surface area contributed by atoms with E-state index in [4.69, 9.17) is 16.5 Å². The van der Waals surface area contributed by atoms with Crippen LogP contribution in [0, 0.1) is 6.92 Å². The van der Waals surface area contributed by atoms with Crippen molar-refractivity contribution >= 4 is 0 Å². The molecule has 4 N–H and O–H groups in total. The highest BCUT2D eigenvalue weighted by Gasteiger charge is 2.35. The van der Waals surface area contributed by atoms with Crippen LogP contribution in [0.5, 0.6) is 0 Å². The number of aryl methyl sites for hydroxylation is 1. The molecule has 0 radical (unpaired) electrons. The molecule has 3 rings (SSSR count). The van der Waals surface area contributed by atoms with Crippen molar-refractivity contribution in [1.29, 1.82) is 0 Å². The molecule has 2 heterocycles. The average molecular weight is 311 g/mol. The summed E-state index contributed by atoms with van der Waals surface area (Å²) in [5.41, 5.74) is 16.3. The van der Waals surface area contributed by atoms with Crippen LogP contribution in [0.4, 0.5) is 0 Å². The monoisotopic (exact) mass is 311 g/mol. The number of rotatable bonds is 5. The molecule has 1 aromatic heterocycles. The van der Waals surface area contributed by atoms with E-state index in [0.717, 1.165) is 43.0 Å². The number of nitrogens with two attached hydrogens (primary N) is 2. The fourth-order valence-electron chi connectivity index (χ4n) is 3.30. The van der Waals surface area contributed by atoms with Gasteiger partial charge >= 0.3 is 0 Å². The summed E-state index contributed by atoms with van der Waals surface area (Å²) < 4.78 is 0. The molecule has 5 heteroatoms. The second kappa shape index (κ2) is 7.17. The van der Waals surface area contributed by atoms with Gasteiger partial charge in [-0.15, -0.1) is 0 Å². The zero-order valence-corrected chi connectivity index (χ0v) is 13.7. The van der Waals surface area contributed by atoms with Crippen molar-refractivity contribution in [3.63, 3.8) is 0 Å². The zero-order chi connectivity index (χ0) is 16.2. The maximum atomic E-state index is 6.41. The maximum Gasteiger partial charge on any atom is 0.0806 e. The Morgan fingerprint density at radius 3 is 2.78 bits per heavy atom. The Balaban J connectivity index is 1.87. The lowest BCUT2D eigenvalue weighted by molar-refractivity contribution is 0.233. The van der Waals surface area contributed by atoms with E-state index in [1.54, 1.807) is 0 Å². The van der Waals surface area contributed by atoms with E-state index in [1.807, 2.05) is 19.2 Å². The lowest BCUT2D eigenvalue weighted by atomic mass is 10.0. The van der Waals surface area contributed by atoms with Crippen LogP contribution < -0.4 is 11.5 Å². The lowest BCUT2D eigenvalue weighted by Crippen LogP contribution is -2.33. The third kappa shape index (κ3) is 3.58. The number of nitrogens with zero attached hydrogens (tertiary/aromatic N) is 3. The minimum Gasteiger partial charge on any atom is -0.330 e. The van der Waals surface area contributed by atoms with Gasteiger partial charge in [-0.25, -0.2) is 0 Å². The van der Waals surface area contributed by atoms with Crippen LogP contribution in [-0.4, -0.2) is 34.0 Å². The largest absolute Gasteiger partial charge is 0.330 e. The first-order valence-corrected chi connectivity index (χ1v) is 8.25. The molecule has 23 heavy (non-hydrogen) atoms. The molecule has 1 aromatic carbocycles. The van der Waals surface area contributed by atoms with Gasteiger partial charge in [0.2, 0.25) is 0 Å². The summed E-state index contributed by atoms with van der Waals surface area (Å²) in [6.07, 6.45) is 3.56. The van der Waals surface area contributed by atoms with Crippen LogP contribution in [0.15, 0.2) is 36.5 Å². The lowest BCUT2D eigenvalue weighted by Gasteiger charge is -2.27. The van der Waals surface area contributed by atoms with E-state index in [1.165, 1.54) is 5.56 Å². The van der Waals surface area contributed by atoms with Gasteiger partial charge in [-0.05, 0) is 25.5 Å². The summed E-state index contributed by atoms with van der Waals surface area (Å²) in [5, 5.41) is 0. The van der Waals surface area contributed by atoms with E-state index in [2.05, 4.69) is 34.1 Å². The molecule has 1 aliphatic heterocycles. The minimum atomic E-state index is 0.0971. The van der Waals surface area contributed by atoms with Gasteiger partial charge in [-0.2, -0.15) is 0 Å². The molecule has 2 unspecified atom stereocenters. The standard InChI is InChI=1S/C18H25N5/c1-13-17(22-15(7-9-19)11-21-13)18-16(20)8-10-23(18)12-14-5-3-2-4-6-14/h2-6,11,16,18H,7-10,12,19-20H2,1H3. The predicted molar refractivity (Wildman–Crippen MR) is 91.7 cm³/mol. The second-order valence-corrected chi connectivity index (χ2v) is 6.22. The highest BCUT2D eigenvalue weighted by Crippen LogP contribution is 2.32. The van der Waals surface area contributed by atoms with Crippen molar-refractivity contribution in [1.82, 2.24) is 14.9 Å². The third-order valence-corrected chi connectivity index (χ3v) is 4.50. The van der Waals surface area contributed by atoms with Gasteiger partial charge in [0.1, 0.15) is 0 Å². The van der Waals surface area contributed by atoms with E-state index < -0.39 is 0 Å². The number of benzene rings is 1. The zero-order valence-electron chi connectivity index (χ0n) is 13.7. The molecule has 0 aliphatic carbocycles. The van der Waals surface area contributed by atoms with Crippen molar-refractivity contribution in [2.75, 3.05) is 13.1 Å². The summed E-state index contributed by atoms with van der Waals surface area (Å²) in [6.45, 7) is 4.48. The van der Waals surface area contributed by atoms with Crippen LogP contribution in [0.3, 0.4) is 0 Å². The van der Waals surface area contributed by atoms with Crippen LogP contribution in [0.25, 0.3) is 0 Å². The molecular formula is C18H25N5. The molecular weight excluding hydrogens is 286 g/mol.